The molecule has 0 amide bonds. The van der Waals surface area contributed by atoms with Gasteiger partial charge in [-0.1, -0.05) is 17.7 Å². The number of ether oxygens (including phenoxy) is 1. The lowest BCUT2D eigenvalue weighted by Crippen LogP contribution is -2.07. The summed E-state index contributed by atoms with van der Waals surface area (Å²) >= 11 is 5.95. The molecule has 0 saturated heterocycles. The number of carbonyl (C=O) groups is 1. The molecule has 2 aromatic rings. The van der Waals surface area contributed by atoms with Crippen LogP contribution in [0.3, 0.4) is 0 Å². The Bertz CT molecular complexity index is 607. The number of aryl methyl sites for hydroxylation is 1. The van der Waals surface area contributed by atoms with E-state index in [-0.39, 0.29) is 28.8 Å². The molecule has 7 heteroatoms. The highest BCUT2D eigenvalue weighted by atomic mass is 35.5. The van der Waals surface area contributed by atoms with E-state index in [0.717, 1.165) is 0 Å². The van der Waals surface area contributed by atoms with Crippen LogP contribution in [0.2, 0.25) is 5.02 Å². The molecule has 0 aliphatic heterocycles. The van der Waals surface area contributed by atoms with Gasteiger partial charge in [0.05, 0.1) is 17.2 Å². The van der Waals surface area contributed by atoms with Gasteiger partial charge in [0.25, 0.3) is 5.82 Å². The van der Waals surface area contributed by atoms with Crippen molar-refractivity contribution < 1.29 is 13.9 Å². The fraction of sp³-hybridized carbons (Fsp3) is 0.250. The van der Waals surface area contributed by atoms with Gasteiger partial charge < -0.3 is 4.74 Å². The lowest BCUT2D eigenvalue weighted by atomic mass is 10.2. The number of halogens is 2. The Balaban J connectivity index is 2.49. The van der Waals surface area contributed by atoms with Crippen LogP contribution >= 0.6 is 11.6 Å². The third kappa shape index (κ3) is 2.58. The number of carbonyl (C=O) groups excluding carboxylic acids is 1. The number of hydrogen-bond donors (Lipinski definition) is 0. The quantitative estimate of drug-likeness (QED) is 0.812. The highest BCUT2D eigenvalue weighted by molar-refractivity contribution is 6.33. The predicted octanol–water partition coefficient (Wildman–Crippen LogP) is 2.45. The summed E-state index contributed by atoms with van der Waals surface area (Å²) < 4.78 is 19.9. The number of rotatable bonds is 3. The average molecular weight is 284 g/mol. The second-order valence-electron chi connectivity index (χ2n) is 3.70. The summed E-state index contributed by atoms with van der Waals surface area (Å²) in [6, 6.07) is 4.29. The van der Waals surface area contributed by atoms with E-state index >= 15 is 0 Å². The molecule has 0 unspecified atom stereocenters. The largest absolute Gasteiger partial charge is 0.460 e. The molecular weight excluding hydrogens is 273 g/mol. The second kappa shape index (κ2) is 5.36. The summed E-state index contributed by atoms with van der Waals surface area (Å²) in [6.45, 7) is 1.89. The van der Waals surface area contributed by atoms with Gasteiger partial charge in [0.15, 0.2) is 5.82 Å². The third-order valence-electron chi connectivity index (χ3n) is 2.41. The molecule has 0 atom stereocenters. The summed E-state index contributed by atoms with van der Waals surface area (Å²) in [6.07, 6.45) is 0. The van der Waals surface area contributed by atoms with Gasteiger partial charge in [-0.15, -0.1) is 5.10 Å². The van der Waals surface area contributed by atoms with Crippen molar-refractivity contribution in [3.8, 4) is 11.4 Å². The standard InChI is InChI=1S/C12H11ClFN3O2/c1-3-19-12(18)10-15-11(17(2)16-10)9-7(13)5-4-6-8(9)14/h4-6H,3H2,1-2H3. The number of hydrogen-bond acceptors (Lipinski definition) is 4. The Kier molecular flexibility index (Phi) is 3.80. The van der Waals surface area contributed by atoms with Gasteiger partial charge in [0.1, 0.15) is 5.82 Å². The van der Waals surface area contributed by atoms with Crippen molar-refractivity contribution in [1.29, 1.82) is 0 Å². The van der Waals surface area contributed by atoms with Gasteiger partial charge in [-0.05, 0) is 19.1 Å². The van der Waals surface area contributed by atoms with Crippen LogP contribution in [-0.2, 0) is 11.8 Å². The van der Waals surface area contributed by atoms with Crippen LogP contribution in [0.25, 0.3) is 11.4 Å². The highest BCUT2D eigenvalue weighted by Gasteiger charge is 2.20. The molecule has 100 valence electrons. The molecule has 19 heavy (non-hydrogen) atoms. The summed E-state index contributed by atoms with van der Waals surface area (Å²) in [5, 5.41) is 4.09. The SMILES string of the molecule is CCOC(=O)c1nc(-c2c(F)cccc2Cl)n(C)n1. The van der Waals surface area contributed by atoms with E-state index in [4.69, 9.17) is 16.3 Å². The van der Waals surface area contributed by atoms with Crippen molar-refractivity contribution in [2.45, 2.75) is 6.92 Å². The van der Waals surface area contributed by atoms with E-state index in [0.29, 0.717) is 0 Å². The molecule has 0 N–H and O–H groups in total. The first kappa shape index (κ1) is 13.5. The van der Waals surface area contributed by atoms with E-state index in [9.17, 15) is 9.18 Å². The van der Waals surface area contributed by atoms with Crippen molar-refractivity contribution in [2.24, 2.45) is 7.05 Å². The van der Waals surface area contributed by atoms with E-state index in [1.54, 1.807) is 20.0 Å². The van der Waals surface area contributed by atoms with Gasteiger partial charge in [0.2, 0.25) is 0 Å². The van der Waals surface area contributed by atoms with Crippen LogP contribution in [0.1, 0.15) is 17.5 Å². The van der Waals surface area contributed by atoms with Crippen molar-refractivity contribution in [3.05, 3.63) is 34.9 Å². The zero-order valence-corrected chi connectivity index (χ0v) is 11.1. The molecule has 2 rings (SSSR count). The van der Waals surface area contributed by atoms with Gasteiger partial charge in [-0.3, -0.25) is 0 Å². The van der Waals surface area contributed by atoms with Crippen LogP contribution in [0.5, 0.6) is 0 Å². The normalized spacial score (nSPS) is 10.5. The van der Waals surface area contributed by atoms with E-state index in [1.807, 2.05) is 0 Å². The molecule has 1 aromatic heterocycles. The monoisotopic (exact) mass is 283 g/mol. The number of nitrogens with zero attached hydrogens (tertiary/aromatic N) is 3. The minimum atomic E-state index is -0.656. The molecule has 0 bridgehead atoms. The minimum Gasteiger partial charge on any atom is -0.460 e. The van der Waals surface area contributed by atoms with Crippen molar-refractivity contribution in [3.63, 3.8) is 0 Å². The second-order valence-corrected chi connectivity index (χ2v) is 4.11. The first-order valence-electron chi connectivity index (χ1n) is 5.57. The molecule has 0 aliphatic carbocycles. The van der Waals surface area contributed by atoms with Crippen molar-refractivity contribution >= 4 is 17.6 Å². The van der Waals surface area contributed by atoms with Crippen molar-refractivity contribution in [1.82, 2.24) is 14.8 Å². The Morgan fingerprint density at radius 2 is 2.26 bits per heavy atom. The van der Waals surface area contributed by atoms with E-state index < -0.39 is 11.8 Å². The number of aromatic nitrogens is 3. The Hall–Kier alpha value is -1.95. The lowest BCUT2D eigenvalue weighted by Gasteiger charge is -2.03. The van der Waals surface area contributed by atoms with Gasteiger partial charge >= 0.3 is 5.97 Å². The van der Waals surface area contributed by atoms with Gasteiger partial charge in [-0.2, -0.15) is 0 Å². The molecule has 1 heterocycles. The predicted molar refractivity (Wildman–Crippen MR) is 67.4 cm³/mol. The van der Waals surface area contributed by atoms with Crippen molar-refractivity contribution in [2.75, 3.05) is 6.61 Å². The zero-order valence-electron chi connectivity index (χ0n) is 10.4. The van der Waals surface area contributed by atoms with Gasteiger partial charge in [-0.25, -0.2) is 18.9 Å². The highest BCUT2D eigenvalue weighted by Crippen LogP contribution is 2.28. The molecule has 0 spiro atoms. The van der Waals surface area contributed by atoms with Crippen LogP contribution in [0.15, 0.2) is 18.2 Å². The third-order valence-corrected chi connectivity index (χ3v) is 2.72. The first-order valence-corrected chi connectivity index (χ1v) is 5.95. The van der Waals surface area contributed by atoms with Gasteiger partial charge in [0, 0.05) is 7.05 Å². The van der Waals surface area contributed by atoms with Crippen LogP contribution in [-0.4, -0.2) is 27.3 Å². The van der Waals surface area contributed by atoms with Crippen LogP contribution < -0.4 is 0 Å². The summed E-state index contributed by atoms with van der Waals surface area (Å²) in [5.74, 6) is -1.14. The molecule has 0 saturated carbocycles. The maximum Gasteiger partial charge on any atom is 0.378 e. The maximum absolute atomic E-state index is 13.8. The topological polar surface area (TPSA) is 57.0 Å². The number of esters is 1. The van der Waals surface area contributed by atoms with Crippen LogP contribution in [0, 0.1) is 5.82 Å². The Labute approximate surface area is 114 Å². The fourth-order valence-electron chi connectivity index (χ4n) is 1.60. The Morgan fingerprint density at radius 1 is 1.53 bits per heavy atom. The summed E-state index contributed by atoms with van der Waals surface area (Å²) in [7, 11) is 1.55. The Morgan fingerprint density at radius 3 is 2.89 bits per heavy atom. The molecule has 0 radical (unpaired) electrons. The average Bonchev–Trinajstić information content (AvgIpc) is 2.72. The zero-order chi connectivity index (χ0) is 14.0. The lowest BCUT2D eigenvalue weighted by molar-refractivity contribution is 0.0512. The molecule has 1 aromatic carbocycles. The molecule has 0 aliphatic rings. The van der Waals surface area contributed by atoms with E-state index in [1.165, 1.54) is 16.8 Å². The summed E-state index contributed by atoms with van der Waals surface area (Å²) in [4.78, 5) is 15.5. The fourth-order valence-corrected chi connectivity index (χ4v) is 1.84. The molecular formula is C12H11ClFN3O2. The van der Waals surface area contributed by atoms with Crippen LogP contribution in [0.4, 0.5) is 4.39 Å². The minimum absolute atomic E-state index is 0.106. The first-order chi connectivity index (χ1) is 9.04. The van der Waals surface area contributed by atoms with E-state index in [2.05, 4.69) is 10.1 Å². The maximum atomic E-state index is 13.8. The number of benzene rings is 1. The molecule has 5 nitrogen and oxygen atoms in total. The smallest absolute Gasteiger partial charge is 0.378 e. The summed E-state index contributed by atoms with van der Waals surface area (Å²) in [5.41, 5.74) is 0.106. The molecule has 0 fully saturated rings.